The summed E-state index contributed by atoms with van der Waals surface area (Å²) in [6.07, 6.45) is -4.98. The predicted molar refractivity (Wildman–Crippen MR) is 65.9 cm³/mol. The third-order valence-corrected chi connectivity index (χ3v) is 3.74. The summed E-state index contributed by atoms with van der Waals surface area (Å²) in [4.78, 5) is 0. The molecule has 2 aromatic rings. The van der Waals surface area contributed by atoms with Crippen LogP contribution in [0.1, 0.15) is 11.1 Å². The van der Waals surface area contributed by atoms with E-state index in [1.807, 2.05) is 0 Å². The maximum Gasteiger partial charge on any atom is 0.425 e. The van der Waals surface area contributed by atoms with Gasteiger partial charge in [0.15, 0.2) is 0 Å². The second-order valence-electron chi connectivity index (χ2n) is 4.56. The Morgan fingerprint density at radius 2 is 1.70 bits per heavy atom. The fourth-order valence-electron chi connectivity index (χ4n) is 2.60. The summed E-state index contributed by atoms with van der Waals surface area (Å²) in [6.45, 7) is 0. The smallest absolute Gasteiger partial charge is 0.372 e. The molecule has 3 rings (SSSR count). The summed E-state index contributed by atoms with van der Waals surface area (Å²) in [5.41, 5.74) is -3.98. The predicted octanol–water partition coefficient (Wildman–Crippen LogP) is 4.26. The Hall–Kier alpha value is -1.59. The fraction of sp³-hybridized carbons (Fsp3) is 0.143. The van der Waals surface area contributed by atoms with Crippen molar-refractivity contribution < 1.29 is 22.7 Å². The lowest BCUT2D eigenvalue weighted by Gasteiger charge is -2.28. The Morgan fingerprint density at radius 1 is 1.05 bits per heavy atom. The lowest BCUT2D eigenvalue weighted by Crippen LogP contribution is -2.41. The first-order chi connectivity index (χ1) is 9.26. The molecule has 0 heterocycles. The molecule has 1 atom stereocenters. The van der Waals surface area contributed by atoms with Crippen LogP contribution in [-0.2, 0) is 5.60 Å². The SMILES string of the molecule is OC1(C(F)(F)F)c2ccccc2-c2c(Cl)cc(F)cc21. The van der Waals surface area contributed by atoms with E-state index in [4.69, 9.17) is 11.6 Å². The van der Waals surface area contributed by atoms with Gasteiger partial charge < -0.3 is 5.11 Å². The normalized spacial score (nSPS) is 20.7. The zero-order chi connectivity index (χ0) is 14.7. The molecular formula is C14H7ClF4O. The standard InChI is InChI=1S/C14H7ClF4O/c15-11-6-7(16)5-10-12(11)8-3-1-2-4-9(8)13(10,20)14(17,18)19/h1-6,20H. The van der Waals surface area contributed by atoms with E-state index in [0.29, 0.717) is 6.07 Å². The number of hydrogen-bond acceptors (Lipinski definition) is 1. The Morgan fingerprint density at radius 3 is 2.35 bits per heavy atom. The number of hydrogen-bond donors (Lipinski definition) is 1. The van der Waals surface area contributed by atoms with Crippen LogP contribution in [0, 0.1) is 5.82 Å². The highest BCUT2D eigenvalue weighted by Crippen LogP contribution is 2.56. The van der Waals surface area contributed by atoms with Gasteiger partial charge in [-0.3, -0.25) is 0 Å². The zero-order valence-electron chi connectivity index (χ0n) is 9.80. The van der Waals surface area contributed by atoms with Crippen LogP contribution in [0.4, 0.5) is 17.6 Å². The molecule has 0 aliphatic heterocycles. The highest BCUT2D eigenvalue weighted by molar-refractivity contribution is 6.33. The van der Waals surface area contributed by atoms with E-state index in [0.717, 1.165) is 12.1 Å². The topological polar surface area (TPSA) is 20.2 Å². The number of halogens is 5. The molecule has 1 N–H and O–H groups in total. The Kier molecular flexibility index (Phi) is 2.65. The molecule has 6 heteroatoms. The van der Waals surface area contributed by atoms with Gasteiger partial charge in [-0.25, -0.2) is 4.39 Å². The quantitative estimate of drug-likeness (QED) is 0.721. The van der Waals surface area contributed by atoms with Crippen LogP contribution >= 0.6 is 11.6 Å². The van der Waals surface area contributed by atoms with Crippen molar-refractivity contribution >= 4 is 11.6 Å². The van der Waals surface area contributed by atoms with Gasteiger partial charge >= 0.3 is 6.18 Å². The van der Waals surface area contributed by atoms with Crippen LogP contribution in [0.5, 0.6) is 0 Å². The summed E-state index contributed by atoms with van der Waals surface area (Å²) in [6, 6.07) is 7.10. The lowest BCUT2D eigenvalue weighted by atomic mass is 9.91. The van der Waals surface area contributed by atoms with Gasteiger partial charge in [-0.2, -0.15) is 13.2 Å². The Balaban J connectivity index is 2.47. The molecule has 0 saturated heterocycles. The van der Waals surface area contributed by atoms with Crippen molar-refractivity contribution in [2.24, 2.45) is 0 Å². The molecule has 0 amide bonds. The van der Waals surface area contributed by atoms with Crippen molar-refractivity contribution in [3.63, 3.8) is 0 Å². The molecule has 1 aliphatic rings. The lowest BCUT2D eigenvalue weighted by molar-refractivity contribution is -0.246. The first-order valence-electron chi connectivity index (χ1n) is 5.65. The largest absolute Gasteiger partial charge is 0.425 e. The van der Waals surface area contributed by atoms with Gasteiger partial charge in [0.25, 0.3) is 0 Å². The zero-order valence-corrected chi connectivity index (χ0v) is 10.6. The maximum absolute atomic E-state index is 13.4. The van der Waals surface area contributed by atoms with Crippen molar-refractivity contribution in [2.45, 2.75) is 11.8 Å². The summed E-state index contributed by atoms with van der Waals surface area (Å²) >= 11 is 5.86. The molecule has 0 aromatic heterocycles. The summed E-state index contributed by atoms with van der Waals surface area (Å²) in [7, 11) is 0. The van der Waals surface area contributed by atoms with Crippen LogP contribution in [0.2, 0.25) is 5.02 Å². The van der Waals surface area contributed by atoms with E-state index in [1.54, 1.807) is 0 Å². The molecule has 0 saturated carbocycles. The fourth-order valence-corrected chi connectivity index (χ4v) is 2.91. The van der Waals surface area contributed by atoms with Gasteiger partial charge in [-0.1, -0.05) is 35.9 Å². The summed E-state index contributed by atoms with van der Waals surface area (Å²) < 4.78 is 53.5. The summed E-state index contributed by atoms with van der Waals surface area (Å²) in [5.74, 6) is -0.927. The average Bonchev–Trinajstić information content (AvgIpc) is 2.61. The van der Waals surface area contributed by atoms with Crippen LogP contribution in [0.25, 0.3) is 11.1 Å². The van der Waals surface area contributed by atoms with Gasteiger partial charge in [-0.15, -0.1) is 0 Å². The van der Waals surface area contributed by atoms with Crippen molar-refractivity contribution in [1.82, 2.24) is 0 Å². The van der Waals surface area contributed by atoms with Crippen LogP contribution in [-0.4, -0.2) is 11.3 Å². The molecule has 0 bridgehead atoms. The molecule has 0 radical (unpaired) electrons. The molecule has 0 spiro atoms. The monoisotopic (exact) mass is 302 g/mol. The van der Waals surface area contributed by atoms with E-state index < -0.39 is 23.2 Å². The molecule has 20 heavy (non-hydrogen) atoms. The average molecular weight is 303 g/mol. The third kappa shape index (κ3) is 1.53. The molecule has 1 nitrogen and oxygen atoms in total. The number of benzene rings is 2. The van der Waals surface area contributed by atoms with Gasteiger partial charge in [0.1, 0.15) is 5.82 Å². The van der Waals surface area contributed by atoms with Crippen LogP contribution in [0.15, 0.2) is 36.4 Å². The Labute approximate surface area is 116 Å². The number of aliphatic hydroxyl groups is 1. The molecule has 1 unspecified atom stereocenters. The van der Waals surface area contributed by atoms with Crippen molar-refractivity contribution in [3.05, 3.63) is 58.4 Å². The minimum absolute atomic E-state index is 0.0171. The molecular weight excluding hydrogens is 296 g/mol. The third-order valence-electron chi connectivity index (χ3n) is 3.44. The van der Waals surface area contributed by atoms with E-state index in [1.165, 1.54) is 18.2 Å². The Bertz CT molecular complexity index is 711. The van der Waals surface area contributed by atoms with Gasteiger partial charge in [0.2, 0.25) is 5.60 Å². The second-order valence-corrected chi connectivity index (χ2v) is 4.97. The van der Waals surface area contributed by atoms with Gasteiger partial charge in [-0.05, 0) is 17.7 Å². The molecule has 0 fully saturated rings. The number of rotatable bonds is 0. The van der Waals surface area contributed by atoms with E-state index in [2.05, 4.69) is 0 Å². The molecule has 104 valence electrons. The number of fused-ring (bicyclic) bond motifs is 3. The van der Waals surface area contributed by atoms with Crippen molar-refractivity contribution in [2.75, 3.05) is 0 Å². The van der Waals surface area contributed by atoms with Crippen molar-refractivity contribution in [1.29, 1.82) is 0 Å². The van der Waals surface area contributed by atoms with E-state index >= 15 is 0 Å². The van der Waals surface area contributed by atoms with Crippen LogP contribution < -0.4 is 0 Å². The highest BCUT2D eigenvalue weighted by atomic mass is 35.5. The van der Waals surface area contributed by atoms with E-state index in [9.17, 15) is 22.7 Å². The first-order valence-corrected chi connectivity index (χ1v) is 6.03. The first kappa shape index (κ1) is 13.4. The summed E-state index contributed by atoms with van der Waals surface area (Å²) in [5, 5.41) is 10.1. The van der Waals surface area contributed by atoms with Gasteiger partial charge in [0.05, 0.1) is 5.02 Å². The molecule has 2 aromatic carbocycles. The van der Waals surface area contributed by atoms with Crippen molar-refractivity contribution in [3.8, 4) is 11.1 Å². The number of alkyl halides is 3. The minimum Gasteiger partial charge on any atom is -0.372 e. The second kappa shape index (κ2) is 3.96. The maximum atomic E-state index is 13.4. The van der Waals surface area contributed by atoms with Crippen LogP contribution in [0.3, 0.4) is 0 Å². The minimum atomic E-state index is -4.98. The van der Waals surface area contributed by atoms with E-state index in [-0.39, 0.29) is 21.7 Å². The highest BCUT2D eigenvalue weighted by Gasteiger charge is 2.61. The van der Waals surface area contributed by atoms with Gasteiger partial charge in [0, 0.05) is 16.7 Å². The molecule has 1 aliphatic carbocycles.